The van der Waals surface area contributed by atoms with Gasteiger partial charge in [-0.05, 0) is 22.0 Å². The maximum absolute atomic E-state index is 13.0. The first-order valence-electron chi connectivity index (χ1n) is 3.62. The van der Waals surface area contributed by atoms with Gasteiger partial charge in [-0.3, -0.25) is 0 Å². The van der Waals surface area contributed by atoms with E-state index in [4.69, 9.17) is 0 Å². The molecule has 0 bridgehead atoms. The van der Waals surface area contributed by atoms with Crippen molar-refractivity contribution in [1.29, 1.82) is 0 Å². The van der Waals surface area contributed by atoms with Crippen LogP contribution in [0.15, 0.2) is 23.2 Å². The monoisotopic (exact) mass is 266 g/mol. The molecule has 0 aliphatic rings. The lowest BCUT2D eigenvalue weighted by molar-refractivity contribution is 0.221. The van der Waals surface area contributed by atoms with Gasteiger partial charge in [0.2, 0.25) is 0 Å². The average molecular weight is 267 g/mol. The molecule has 0 heterocycles. The van der Waals surface area contributed by atoms with E-state index in [1.165, 1.54) is 0 Å². The van der Waals surface area contributed by atoms with Gasteiger partial charge in [-0.25, -0.2) is 13.2 Å². The summed E-state index contributed by atoms with van der Waals surface area (Å²) < 4.78 is 38.4. The molecule has 1 unspecified atom stereocenters. The summed E-state index contributed by atoms with van der Waals surface area (Å²) in [5.74, 6) is -4.34. The van der Waals surface area contributed by atoms with Gasteiger partial charge >= 0.3 is 0 Å². The number of aliphatic hydroxyl groups is 1. The highest BCUT2D eigenvalue weighted by atomic mass is 79.9. The molecule has 0 aliphatic carbocycles. The minimum Gasteiger partial charge on any atom is -0.384 e. The van der Waals surface area contributed by atoms with Crippen LogP contribution in [-0.4, -0.2) is 5.11 Å². The lowest BCUT2D eigenvalue weighted by atomic mass is 10.1. The molecule has 0 fully saturated rings. The van der Waals surface area contributed by atoms with Crippen molar-refractivity contribution < 1.29 is 18.3 Å². The second-order valence-corrected chi connectivity index (χ2v) is 3.42. The van der Waals surface area contributed by atoms with Crippen LogP contribution in [0.25, 0.3) is 0 Å². The molecule has 1 nitrogen and oxygen atoms in total. The molecule has 1 aromatic carbocycles. The summed E-state index contributed by atoms with van der Waals surface area (Å²) in [6.07, 6.45) is -0.344. The lowest BCUT2D eigenvalue weighted by Gasteiger charge is -2.09. The summed E-state index contributed by atoms with van der Waals surface area (Å²) >= 11 is 2.70. The molecular formula is C9H6BrF3O. The lowest BCUT2D eigenvalue weighted by Crippen LogP contribution is -2.02. The summed E-state index contributed by atoms with van der Waals surface area (Å²) in [5, 5.41) is 9.18. The molecule has 76 valence electrons. The molecule has 14 heavy (non-hydrogen) atoms. The molecule has 1 rings (SSSR count). The summed E-state index contributed by atoms with van der Waals surface area (Å²) in [4.78, 5) is 0. The van der Waals surface area contributed by atoms with Crippen molar-refractivity contribution in [2.45, 2.75) is 6.10 Å². The topological polar surface area (TPSA) is 20.2 Å². The van der Waals surface area contributed by atoms with Crippen LogP contribution >= 0.6 is 15.9 Å². The van der Waals surface area contributed by atoms with Gasteiger partial charge in [0.25, 0.3) is 0 Å². The first-order chi connectivity index (χ1) is 6.49. The van der Waals surface area contributed by atoms with Gasteiger partial charge in [-0.2, -0.15) is 0 Å². The van der Waals surface area contributed by atoms with Crippen molar-refractivity contribution in [3.63, 3.8) is 0 Å². The van der Waals surface area contributed by atoms with Crippen molar-refractivity contribution in [3.8, 4) is 0 Å². The van der Waals surface area contributed by atoms with Gasteiger partial charge in [-0.15, -0.1) is 6.58 Å². The number of hydrogen-bond acceptors (Lipinski definition) is 1. The summed E-state index contributed by atoms with van der Waals surface area (Å²) in [7, 11) is 0. The van der Waals surface area contributed by atoms with E-state index < -0.39 is 23.6 Å². The molecule has 0 aromatic heterocycles. The second-order valence-electron chi connectivity index (χ2n) is 2.57. The Balaban J connectivity index is 3.40. The largest absolute Gasteiger partial charge is 0.384 e. The van der Waals surface area contributed by atoms with E-state index in [-0.39, 0.29) is 10.0 Å². The SMILES string of the molecule is C=CC(O)c1cc(Br)c(F)c(F)c1F. The van der Waals surface area contributed by atoms with E-state index >= 15 is 0 Å². The van der Waals surface area contributed by atoms with Gasteiger partial charge in [0, 0.05) is 5.56 Å². The molecule has 1 atom stereocenters. The van der Waals surface area contributed by atoms with Crippen LogP contribution in [0, 0.1) is 17.5 Å². The van der Waals surface area contributed by atoms with Crippen molar-refractivity contribution >= 4 is 15.9 Å². The Morgan fingerprint density at radius 3 is 2.36 bits per heavy atom. The number of halogens is 4. The maximum atomic E-state index is 13.0. The highest BCUT2D eigenvalue weighted by Gasteiger charge is 2.20. The van der Waals surface area contributed by atoms with Crippen LogP contribution < -0.4 is 0 Å². The fraction of sp³-hybridized carbons (Fsp3) is 0.111. The Bertz CT molecular complexity index is 379. The molecule has 0 saturated heterocycles. The number of aliphatic hydroxyl groups excluding tert-OH is 1. The minimum atomic E-state index is -1.62. The van der Waals surface area contributed by atoms with Gasteiger partial charge in [-0.1, -0.05) is 6.08 Å². The summed E-state index contributed by atoms with van der Waals surface area (Å²) in [5.41, 5.74) is -0.356. The van der Waals surface area contributed by atoms with Crippen LogP contribution in [0.5, 0.6) is 0 Å². The number of rotatable bonds is 2. The molecule has 0 saturated carbocycles. The minimum absolute atomic E-state index is 0.243. The van der Waals surface area contributed by atoms with Crippen LogP contribution in [0.1, 0.15) is 11.7 Å². The highest BCUT2D eigenvalue weighted by Crippen LogP contribution is 2.27. The molecule has 0 spiro atoms. The van der Waals surface area contributed by atoms with E-state index in [2.05, 4.69) is 22.5 Å². The van der Waals surface area contributed by atoms with E-state index in [0.29, 0.717) is 0 Å². The van der Waals surface area contributed by atoms with Gasteiger partial charge in [0.05, 0.1) is 10.6 Å². The Morgan fingerprint density at radius 2 is 1.86 bits per heavy atom. The predicted molar refractivity (Wildman–Crippen MR) is 49.2 cm³/mol. The van der Waals surface area contributed by atoms with Gasteiger partial charge in [0.1, 0.15) is 0 Å². The van der Waals surface area contributed by atoms with E-state index in [1.54, 1.807) is 0 Å². The third-order valence-corrected chi connectivity index (χ3v) is 2.25. The molecular weight excluding hydrogens is 261 g/mol. The van der Waals surface area contributed by atoms with Gasteiger partial charge in [0.15, 0.2) is 17.5 Å². The molecule has 0 amide bonds. The Kier molecular flexibility index (Phi) is 3.34. The smallest absolute Gasteiger partial charge is 0.195 e. The van der Waals surface area contributed by atoms with E-state index in [9.17, 15) is 18.3 Å². The zero-order valence-corrected chi connectivity index (χ0v) is 8.48. The second kappa shape index (κ2) is 4.14. The number of hydrogen-bond donors (Lipinski definition) is 1. The fourth-order valence-electron chi connectivity index (χ4n) is 0.933. The van der Waals surface area contributed by atoms with Crippen molar-refractivity contribution in [2.24, 2.45) is 0 Å². The molecule has 0 aliphatic heterocycles. The Labute approximate surface area is 87.0 Å². The van der Waals surface area contributed by atoms with Crippen LogP contribution in [0.4, 0.5) is 13.2 Å². The van der Waals surface area contributed by atoms with Crippen LogP contribution in [0.2, 0.25) is 0 Å². The quantitative estimate of drug-likeness (QED) is 0.496. The fourth-order valence-corrected chi connectivity index (χ4v) is 1.35. The van der Waals surface area contributed by atoms with Crippen molar-refractivity contribution in [1.82, 2.24) is 0 Å². The molecule has 0 radical (unpaired) electrons. The molecule has 5 heteroatoms. The molecule has 1 aromatic rings. The zero-order valence-electron chi connectivity index (χ0n) is 6.90. The maximum Gasteiger partial charge on any atom is 0.195 e. The zero-order chi connectivity index (χ0) is 10.9. The predicted octanol–water partition coefficient (Wildman–Crippen LogP) is 3.09. The molecule has 1 N–H and O–H groups in total. The third-order valence-electron chi connectivity index (χ3n) is 1.67. The Hall–Kier alpha value is -0.810. The summed E-state index contributed by atoms with van der Waals surface area (Å²) in [6.45, 7) is 3.21. The van der Waals surface area contributed by atoms with E-state index in [0.717, 1.165) is 12.1 Å². The van der Waals surface area contributed by atoms with Crippen molar-refractivity contribution in [3.05, 3.63) is 46.2 Å². The standard InChI is InChI=1S/C9H6BrF3O/c1-2-6(14)4-3-5(10)8(12)9(13)7(4)11/h2-3,6,14H,1H2. The number of benzene rings is 1. The van der Waals surface area contributed by atoms with E-state index in [1.807, 2.05) is 0 Å². The normalized spacial score (nSPS) is 12.6. The van der Waals surface area contributed by atoms with Gasteiger partial charge < -0.3 is 5.11 Å². The van der Waals surface area contributed by atoms with Crippen molar-refractivity contribution in [2.75, 3.05) is 0 Å². The van der Waals surface area contributed by atoms with Crippen LogP contribution in [-0.2, 0) is 0 Å². The highest BCUT2D eigenvalue weighted by molar-refractivity contribution is 9.10. The van der Waals surface area contributed by atoms with Crippen LogP contribution in [0.3, 0.4) is 0 Å². The average Bonchev–Trinajstić information content (AvgIpc) is 2.19. The summed E-state index contributed by atoms with van der Waals surface area (Å²) in [6, 6.07) is 0.972. The first-order valence-corrected chi connectivity index (χ1v) is 4.41. The first kappa shape index (κ1) is 11.3. The third kappa shape index (κ3) is 1.83. The Morgan fingerprint density at radius 1 is 1.29 bits per heavy atom.